The molecule has 0 aliphatic heterocycles. The van der Waals surface area contributed by atoms with Gasteiger partial charge < -0.3 is 4.90 Å². The van der Waals surface area contributed by atoms with Gasteiger partial charge in [0.1, 0.15) is 5.82 Å². The third-order valence-corrected chi connectivity index (χ3v) is 1.51. The van der Waals surface area contributed by atoms with Gasteiger partial charge >= 0.3 is 0 Å². The first-order valence-corrected chi connectivity index (χ1v) is 3.85. The van der Waals surface area contributed by atoms with Crippen molar-refractivity contribution in [2.24, 2.45) is 0 Å². The van der Waals surface area contributed by atoms with E-state index in [0.29, 0.717) is 0 Å². The highest BCUT2D eigenvalue weighted by Crippen LogP contribution is 2.07. The molecule has 0 bridgehead atoms. The quantitative estimate of drug-likeness (QED) is 0.660. The van der Waals surface area contributed by atoms with Crippen molar-refractivity contribution in [3.05, 3.63) is 36.9 Å². The van der Waals surface area contributed by atoms with Crippen LogP contribution in [0.25, 0.3) is 5.82 Å². The van der Waals surface area contributed by atoms with Gasteiger partial charge in [0, 0.05) is 14.1 Å². The maximum atomic E-state index is 12.6. The highest BCUT2D eigenvalue weighted by Gasteiger charge is 2.03. The van der Waals surface area contributed by atoms with E-state index in [-0.39, 0.29) is 5.82 Å². The van der Waals surface area contributed by atoms with Crippen LogP contribution in [0.15, 0.2) is 31.1 Å². The summed E-state index contributed by atoms with van der Waals surface area (Å²) in [5, 5.41) is 3.84. The minimum Gasteiger partial charge on any atom is -0.363 e. The molecule has 0 saturated carbocycles. The Morgan fingerprint density at radius 2 is 2.38 bits per heavy atom. The van der Waals surface area contributed by atoms with Crippen LogP contribution in [0.4, 0.5) is 4.39 Å². The predicted octanol–water partition coefficient (Wildman–Crippen LogP) is 1.57. The number of hydrogen-bond donors (Lipinski definition) is 0. The van der Waals surface area contributed by atoms with E-state index in [4.69, 9.17) is 0 Å². The molecule has 0 spiro atoms. The molecule has 0 N–H and O–H groups in total. The van der Waals surface area contributed by atoms with E-state index >= 15 is 0 Å². The summed E-state index contributed by atoms with van der Waals surface area (Å²) in [6, 6.07) is 0. The van der Waals surface area contributed by atoms with Crippen molar-refractivity contribution in [1.29, 1.82) is 0 Å². The standard InChI is InChI=1S/C9H12FN3/c1-4-5-9(12(2)3)13-7-8(10)6-11-13/h4-7H,1H2,2-3H3/b9-5+. The lowest BCUT2D eigenvalue weighted by atomic mass is 10.5. The van der Waals surface area contributed by atoms with E-state index in [1.807, 2.05) is 19.0 Å². The maximum absolute atomic E-state index is 12.6. The Labute approximate surface area is 76.8 Å². The normalized spacial score (nSPS) is 11.5. The van der Waals surface area contributed by atoms with Gasteiger partial charge in [0.2, 0.25) is 0 Å². The van der Waals surface area contributed by atoms with E-state index < -0.39 is 0 Å². The lowest BCUT2D eigenvalue weighted by Gasteiger charge is -2.15. The molecular formula is C9H12FN3. The van der Waals surface area contributed by atoms with Crippen molar-refractivity contribution in [3.8, 4) is 0 Å². The Kier molecular flexibility index (Phi) is 2.84. The second kappa shape index (κ2) is 3.89. The molecule has 1 heterocycles. The molecule has 0 amide bonds. The topological polar surface area (TPSA) is 21.1 Å². The summed E-state index contributed by atoms with van der Waals surface area (Å²) in [5.74, 6) is 0.413. The van der Waals surface area contributed by atoms with E-state index in [0.717, 1.165) is 5.82 Å². The molecule has 0 atom stereocenters. The largest absolute Gasteiger partial charge is 0.363 e. The lowest BCUT2D eigenvalue weighted by molar-refractivity contribution is 0.539. The van der Waals surface area contributed by atoms with Gasteiger partial charge in [0.15, 0.2) is 5.82 Å². The summed E-state index contributed by atoms with van der Waals surface area (Å²) in [7, 11) is 3.71. The van der Waals surface area contributed by atoms with Crippen LogP contribution in [0.2, 0.25) is 0 Å². The van der Waals surface area contributed by atoms with Crippen LogP contribution in [-0.4, -0.2) is 28.8 Å². The Morgan fingerprint density at radius 3 is 2.77 bits per heavy atom. The zero-order valence-corrected chi connectivity index (χ0v) is 7.74. The summed E-state index contributed by atoms with van der Waals surface area (Å²) in [4.78, 5) is 1.83. The second-order valence-corrected chi connectivity index (χ2v) is 2.76. The van der Waals surface area contributed by atoms with Crippen molar-refractivity contribution in [2.45, 2.75) is 0 Å². The molecular weight excluding hydrogens is 169 g/mol. The van der Waals surface area contributed by atoms with E-state index in [1.54, 1.807) is 12.2 Å². The molecule has 3 nitrogen and oxygen atoms in total. The molecule has 0 saturated heterocycles. The minimum atomic E-state index is -0.350. The number of nitrogens with zero attached hydrogens (tertiary/aromatic N) is 3. The van der Waals surface area contributed by atoms with Crippen molar-refractivity contribution in [1.82, 2.24) is 14.7 Å². The Hall–Kier alpha value is -1.58. The van der Waals surface area contributed by atoms with Crippen LogP contribution in [0.5, 0.6) is 0 Å². The number of halogens is 1. The fraction of sp³-hybridized carbons (Fsp3) is 0.222. The van der Waals surface area contributed by atoms with Crippen LogP contribution >= 0.6 is 0 Å². The summed E-state index contributed by atoms with van der Waals surface area (Å²) in [6.07, 6.45) is 5.87. The van der Waals surface area contributed by atoms with Crippen LogP contribution in [0.3, 0.4) is 0 Å². The maximum Gasteiger partial charge on any atom is 0.161 e. The monoisotopic (exact) mass is 181 g/mol. The van der Waals surface area contributed by atoms with Crippen molar-refractivity contribution >= 4 is 5.82 Å². The minimum absolute atomic E-state index is 0.350. The molecule has 1 aromatic heterocycles. The predicted molar refractivity (Wildman–Crippen MR) is 50.3 cm³/mol. The van der Waals surface area contributed by atoms with E-state index in [9.17, 15) is 4.39 Å². The zero-order chi connectivity index (χ0) is 9.84. The molecule has 1 rings (SSSR count). The number of allylic oxidation sites excluding steroid dienone is 2. The number of hydrogen-bond acceptors (Lipinski definition) is 2. The Morgan fingerprint density at radius 1 is 1.69 bits per heavy atom. The molecule has 0 aliphatic carbocycles. The molecule has 0 fully saturated rings. The smallest absolute Gasteiger partial charge is 0.161 e. The first-order valence-electron chi connectivity index (χ1n) is 3.85. The highest BCUT2D eigenvalue weighted by atomic mass is 19.1. The number of rotatable bonds is 3. The fourth-order valence-corrected chi connectivity index (χ4v) is 0.962. The van der Waals surface area contributed by atoms with Gasteiger partial charge in [-0.3, -0.25) is 0 Å². The molecule has 0 unspecified atom stereocenters. The molecule has 0 aromatic carbocycles. The van der Waals surface area contributed by atoms with Gasteiger partial charge in [-0.2, -0.15) is 5.10 Å². The van der Waals surface area contributed by atoms with Crippen molar-refractivity contribution in [2.75, 3.05) is 14.1 Å². The summed E-state index contributed by atoms with van der Waals surface area (Å²) < 4.78 is 14.1. The third-order valence-electron chi connectivity index (χ3n) is 1.51. The molecule has 70 valence electrons. The molecule has 0 aliphatic rings. The fourth-order valence-electron chi connectivity index (χ4n) is 0.962. The second-order valence-electron chi connectivity index (χ2n) is 2.76. The zero-order valence-electron chi connectivity index (χ0n) is 7.74. The summed E-state index contributed by atoms with van der Waals surface area (Å²) in [6.45, 7) is 3.58. The van der Waals surface area contributed by atoms with Crippen LogP contribution in [-0.2, 0) is 0 Å². The van der Waals surface area contributed by atoms with Gasteiger partial charge in [0.05, 0.1) is 12.4 Å². The van der Waals surface area contributed by atoms with Crippen molar-refractivity contribution in [3.63, 3.8) is 0 Å². The Bertz CT molecular complexity index is 325. The first kappa shape index (κ1) is 9.51. The number of aromatic nitrogens is 2. The molecule has 0 radical (unpaired) electrons. The van der Waals surface area contributed by atoms with Crippen molar-refractivity contribution < 1.29 is 4.39 Å². The molecule has 4 heteroatoms. The summed E-state index contributed by atoms with van der Waals surface area (Å²) in [5.41, 5.74) is 0. The van der Waals surface area contributed by atoms with Crippen LogP contribution < -0.4 is 0 Å². The first-order chi connectivity index (χ1) is 6.15. The van der Waals surface area contributed by atoms with Gasteiger partial charge in [-0.15, -0.1) is 0 Å². The van der Waals surface area contributed by atoms with Gasteiger partial charge in [-0.25, -0.2) is 9.07 Å². The molecule has 1 aromatic rings. The van der Waals surface area contributed by atoms with Gasteiger partial charge in [-0.1, -0.05) is 12.7 Å². The van der Waals surface area contributed by atoms with Crippen LogP contribution in [0, 0.1) is 5.82 Å². The lowest BCUT2D eigenvalue weighted by Crippen LogP contribution is -2.15. The SMILES string of the molecule is C=C/C=C(\N(C)C)n1cc(F)cn1. The van der Waals surface area contributed by atoms with Gasteiger partial charge in [-0.05, 0) is 6.08 Å². The average molecular weight is 181 g/mol. The van der Waals surface area contributed by atoms with Crippen LogP contribution in [0.1, 0.15) is 0 Å². The van der Waals surface area contributed by atoms with Gasteiger partial charge in [0.25, 0.3) is 0 Å². The summed E-state index contributed by atoms with van der Waals surface area (Å²) >= 11 is 0. The highest BCUT2D eigenvalue weighted by molar-refractivity contribution is 5.43. The average Bonchev–Trinajstić information content (AvgIpc) is 2.46. The van der Waals surface area contributed by atoms with E-state index in [2.05, 4.69) is 11.7 Å². The van der Waals surface area contributed by atoms with E-state index in [1.165, 1.54) is 17.1 Å². The third kappa shape index (κ3) is 2.18. The molecule has 13 heavy (non-hydrogen) atoms. The Balaban J connectivity index is 3.02.